The zero-order valence-corrected chi connectivity index (χ0v) is 21.9. The predicted octanol–water partition coefficient (Wildman–Crippen LogP) is 6.25. The second kappa shape index (κ2) is 12.1. The van der Waals surface area contributed by atoms with Crippen LogP contribution in [0.3, 0.4) is 0 Å². The summed E-state index contributed by atoms with van der Waals surface area (Å²) in [6, 6.07) is 29.7. The van der Waals surface area contributed by atoms with E-state index in [1.807, 2.05) is 91.0 Å². The topological polar surface area (TPSA) is 81.9 Å². The fourth-order valence-corrected chi connectivity index (χ4v) is 4.23. The van der Waals surface area contributed by atoms with E-state index in [1.165, 1.54) is 0 Å². The largest absolute Gasteiger partial charge is 0.489 e. The molecule has 0 unspecified atom stereocenters. The average molecular weight is 526 g/mol. The Morgan fingerprint density at radius 2 is 0.975 bits per heavy atom. The van der Waals surface area contributed by atoms with Crippen molar-refractivity contribution < 1.29 is 9.47 Å². The molecule has 5 aromatic rings. The van der Waals surface area contributed by atoms with Gasteiger partial charge in [-0.25, -0.2) is 4.98 Å². The second-order valence-corrected chi connectivity index (χ2v) is 9.39. The number of nitrogens with zero attached hydrogens (tertiary/aromatic N) is 5. The summed E-state index contributed by atoms with van der Waals surface area (Å²) in [6.07, 6.45) is 7.15. The summed E-state index contributed by atoms with van der Waals surface area (Å²) in [5.41, 5.74) is 7.37. The second-order valence-electron chi connectivity index (χ2n) is 9.39. The number of aliphatic imine (C=N–C) groups is 2. The van der Waals surface area contributed by atoms with Crippen LogP contribution in [0.15, 0.2) is 113 Å². The Kier molecular flexibility index (Phi) is 7.62. The molecule has 0 radical (unpaired) electrons. The molecular formula is C33H27N5O2. The number of benzene rings is 2. The zero-order valence-electron chi connectivity index (χ0n) is 21.9. The lowest BCUT2D eigenvalue weighted by Gasteiger charge is -2.10. The molecule has 10 bridgehead atoms. The number of ether oxygens (including phenoxy) is 2. The lowest BCUT2D eigenvalue weighted by molar-refractivity contribution is 0.306. The minimum atomic E-state index is 0.428. The van der Waals surface area contributed by atoms with E-state index >= 15 is 0 Å². The Balaban J connectivity index is 1.26. The average Bonchev–Trinajstić information content (AvgIpc) is 3.00. The van der Waals surface area contributed by atoms with Crippen LogP contribution in [0.4, 0.5) is 0 Å². The summed E-state index contributed by atoms with van der Waals surface area (Å²) in [4.78, 5) is 22.8. The van der Waals surface area contributed by atoms with Gasteiger partial charge in [-0.1, -0.05) is 30.3 Å². The summed E-state index contributed by atoms with van der Waals surface area (Å²) in [5, 5.41) is 0. The molecule has 7 nitrogen and oxygen atoms in total. The van der Waals surface area contributed by atoms with Crippen LogP contribution >= 0.6 is 0 Å². The fraction of sp³-hybridized carbons (Fsp3) is 0.121. The molecule has 0 N–H and O–H groups in total. The Bertz CT molecular complexity index is 1530. The summed E-state index contributed by atoms with van der Waals surface area (Å²) >= 11 is 0. The molecule has 9 rings (SSSR count). The van der Waals surface area contributed by atoms with Gasteiger partial charge in [-0.3, -0.25) is 20.0 Å². The maximum absolute atomic E-state index is 6.03. The highest BCUT2D eigenvalue weighted by atomic mass is 16.5. The summed E-state index contributed by atoms with van der Waals surface area (Å²) < 4.78 is 12.1. The standard InChI is InChI=1S/C33H27N5O2/c1-2-28-20-34-18-24-4-8-30(9-5-24)39-22-26-12-14-36-32(16-26)33-17-27(13-15-37-33)23-40-31-10-6-25(7-11-31)19-35-21-29(3-1)38-28/h1-17,20-21H,18-19,22-23H2. The Hall–Kier alpha value is -5.17. The molecule has 4 aliphatic heterocycles. The van der Waals surface area contributed by atoms with Gasteiger partial charge in [0.15, 0.2) is 0 Å². The van der Waals surface area contributed by atoms with E-state index in [2.05, 4.69) is 24.9 Å². The third-order valence-corrected chi connectivity index (χ3v) is 6.36. The summed E-state index contributed by atoms with van der Waals surface area (Å²) in [7, 11) is 0. The van der Waals surface area contributed by atoms with E-state index in [4.69, 9.17) is 9.47 Å². The smallest absolute Gasteiger partial charge is 0.119 e. The molecule has 196 valence electrons. The van der Waals surface area contributed by atoms with Crippen LogP contribution in [0, 0.1) is 0 Å². The van der Waals surface area contributed by atoms with Crippen molar-refractivity contribution in [3.8, 4) is 22.9 Å². The number of hydrogen-bond acceptors (Lipinski definition) is 7. The molecule has 0 fully saturated rings. The van der Waals surface area contributed by atoms with E-state index in [0.717, 1.165) is 56.5 Å². The molecule has 7 heterocycles. The minimum Gasteiger partial charge on any atom is -0.489 e. The van der Waals surface area contributed by atoms with Crippen molar-refractivity contribution in [3.05, 3.63) is 137 Å². The molecule has 0 amide bonds. The van der Waals surface area contributed by atoms with E-state index in [-0.39, 0.29) is 0 Å². The van der Waals surface area contributed by atoms with E-state index in [9.17, 15) is 0 Å². The fourth-order valence-electron chi connectivity index (χ4n) is 4.23. The van der Waals surface area contributed by atoms with Crippen molar-refractivity contribution in [1.82, 2.24) is 15.0 Å². The molecular weight excluding hydrogens is 498 g/mol. The number of hydrogen-bond donors (Lipinski definition) is 0. The highest BCUT2D eigenvalue weighted by Gasteiger charge is 2.06. The van der Waals surface area contributed by atoms with E-state index in [0.29, 0.717) is 26.3 Å². The molecule has 0 saturated carbocycles. The van der Waals surface area contributed by atoms with Gasteiger partial charge in [-0.2, -0.15) is 0 Å². The van der Waals surface area contributed by atoms with Crippen molar-refractivity contribution in [1.29, 1.82) is 0 Å². The molecule has 0 aliphatic carbocycles. The molecule has 2 aromatic carbocycles. The first kappa shape index (κ1) is 25.1. The monoisotopic (exact) mass is 525 g/mol. The first-order valence-electron chi connectivity index (χ1n) is 13.1. The van der Waals surface area contributed by atoms with E-state index in [1.54, 1.807) is 24.8 Å². The van der Waals surface area contributed by atoms with Crippen LogP contribution in [0.2, 0.25) is 0 Å². The molecule has 7 heteroatoms. The van der Waals surface area contributed by atoms with Gasteiger partial charge < -0.3 is 9.47 Å². The van der Waals surface area contributed by atoms with Crippen molar-refractivity contribution in [3.63, 3.8) is 0 Å². The lowest BCUT2D eigenvalue weighted by atomic mass is 10.1. The van der Waals surface area contributed by atoms with Crippen LogP contribution in [0.5, 0.6) is 11.5 Å². The number of rotatable bonds is 0. The Labute approximate surface area is 233 Å². The molecule has 40 heavy (non-hydrogen) atoms. The van der Waals surface area contributed by atoms with Crippen LogP contribution in [-0.2, 0) is 26.3 Å². The van der Waals surface area contributed by atoms with Gasteiger partial charge in [0.25, 0.3) is 0 Å². The summed E-state index contributed by atoms with van der Waals surface area (Å²) in [5.74, 6) is 1.59. The van der Waals surface area contributed by atoms with Gasteiger partial charge in [-0.05, 0) is 82.9 Å². The summed E-state index contributed by atoms with van der Waals surface area (Å²) in [6.45, 7) is 1.97. The van der Waals surface area contributed by atoms with Gasteiger partial charge >= 0.3 is 0 Å². The van der Waals surface area contributed by atoms with Crippen LogP contribution in [0.1, 0.15) is 33.6 Å². The zero-order chi connectivity index (χ0) is 27.0. The predicted molar refractivity (Wildman–Crippen MR) is 156 cm³/mol. The molecule has 3 aromatic heterocycles. The Morgan fingerprint density at radius 1 is 0.500 bits per heavy atom. The third-order valence-electron chi connectivity index (χ3n) is 6.36. The quantitative estimate of drug-likeness (QED) is 0.239. The van der Waals surface area contributed by atoms with Gasteiger partial charge in [0.05, 0.1) is 35.9 Å². The maximum Gasteiger partial charge on any atom is 0.119 e. The van der Waals surface area contributed by atoms with Gasteiger partial charge in [0.2, 0.25) is 0 Å². The van der Waals surface area contributed by atoms with Crippen molar-refractivity contribution in [2.24, 2.45) is 9.98 Å². The normalized spacial score (nSPS) is 13.3. The highest BCUT2D eigenvalue weighted by molar-refractivity contribution is 5.81. The molecule has 4 aliphatic rings. The maximum atomic E-state index is 6.03. The lowest BCUT2D eigenvalue weighted by Crippen LogP contribution is -1.99. The van der Waals surface area contributed by atoms with Crippen LogP contribution in [-0.4, -0.2) is 27.4 Å². The van der Waals surface area contributed by atoms with Crippen molar-refractivity contribution >= 4 is 12.4 Å². The first-order valence-corrected chi connectivity index (χ1v) is 13.1. The highest BCUT2D eigenvalue weighted by Crippen LogP contribution is 2.21. The molecule has 0 atom stereocenters. The third kappa shape index (κ3) is 6.63. The van der Waals surface area contributed by atoms with Crippen LogP contribution < -0.4 is 9.47 Å². The number of aromatic nitrogens is 3. The minimum absolute atomic E-state index is 0.428. The van der Waals surface area contributed by atoms with Gasteiger partial charge in [0.1, 0.15) is 24.7 Å². The number of pyridine rings is 3. The molecule has 0 saturated heterocycles. The van der Waals surface area contributed by atoms with Gasteiger partial charge in [-0.15, -0.1) is 0 Å². The van der Waals surface area contributed by atoms with Crippen LogP contribution in [0.25, 0.3) is 11.4 Å². The molecule has 0 spiro atoms. The SMILES string of the molecule is C1=NCc2ccc(cc2)OCc2ccnc(c2)-c2cc(ccn2)COc2ccc(cc2)CN=Cc2cccc1n2. The van der Waals surface area contributed by atoms with Crippen molar-refractivity contribution in [2.45, 2.75) is 26.3 Å². The van der Waals surface area contributed by atoms with Gasteiger partial charge in [0, 0.05) is 24.8 Å². The first-order chi connectivity index (χ1) is 19.8. The van der Waals surface area contributed by atoms with E-state index < -0.39 is 0 Å². The van der Waals surface area contributed by atoms with Crippen molar-refractivity contribution in [2.75, 3.05) is 0 Å². The Morgan fingerprint density at radius 3 is 1.45 bits per heavy atom.